The summed E-state index contributed by atoms with van der Waals surface area (Å²) in [6.07, 6.45) is 0. The van der Waals surface area contributed by atoms with Crippen molar-refractivity contribution in [1.82, 2.24) is 0 Å². The number of nitrogens with one attached hydrogen (secondary N) is 1. The molecule has 1 unspecified atom stereocenters. The quantitative estimate of drug-likeness (QED) is 0.843. The van der Waals surface area contributed by atoms with E-state index >= 15 is 0 Å². The van der Waals surface area contributed by atoms with Crippen molar-refractivity contribution in [3.8, 4) is 0 Å². The lowest BCUT2D eigenvalue weighted by molar-refractivity contribution is 0.577. The SMILES string of the molecule is CC(Nc1cc(F)ccc1Cl)c1cc(F)ccc1F. The fraction of sp³-hybridized carbons (Fsp3) is 0.143. The van der Waals surface area contributed by atoms with Crippen molar-refractivity contribution < 1.29 is 13.2 Å². The zero-order chi connectivity index (χ0) is 14.0. The molecule has 1 N–H and O–H groups in total. The van der Waals surface area contributed by atoms with Crippen molar-refractivity contribution in [1.29, 1.82) is 0 Å². The first-order chi connectivity index (χ1) is 8.97. The summed E-state index contributed by atoms with van der Waals surface area (Å²) >= 11 is 5.90. The Bertz CT molecular complexity index is 601. The van der Waals surface area contributed by atoms with Gasteiger partial charge in [-0.1, -0.05) is 11.6 Å². The molecule has 0 radical (unpaired) electrons. The molecule has 0 bridgehead atoms. The summed E-state index contributed by atoms with van der Waals surface area (Å²) < 4.78 is 39.8. The van der Waals surface area contributed by atoms with Gasteiger partial charge in [-0.15, -0.1) is 0 Å². The molecule has 0 aliphatic carbocycles. The Labute approximate surface area is 114 Å². The summed E-state index contributed by atoms with van der Waals surface area (Å²) in [5.41, 5.74) is 0.484. The van der Waals surface area contributed by atoms with Crippen LogP contribution in [0.4, 0.5) is 18.9 Å². The molecule has 1 atom stereocenters. The molecule has 0 saturated carbocycles. The molecule has 0 aliphatic heterocycles. The smallest absolute Gasteiger partial charge is 0.128 e. The van der Waals surface area contributed by atoms with E-state index in [1.54, 1.807) is 6.92 Å². The van der Waals surface area contributed by atoms with Gasteiger partial charge in [0, 0.05) is 5.56 Å². The molecular weight excluding hydrogens is 275 g/mol. The van der Waals surface area contributed by atoms with Gasteiger partial charge in [0.05, 0.1) is 16.8 Å². The molecule has 0 fully saturated rings. The second kappa shape index (κ2) is 5.53. The number of hydrogen-bond acceptors (Lipinski definition) is 1. The van der Waals surface area contributed by atoms with Gasteiger partial charge in [-0.2, -0.15) is 0 Å². The molecule has 19 heavy (non-hydrogen) atoms. The van der Waals surface area contributed by atoms with Crippen LogP contribution in [0.2, 0.25) is 5.02 Å². The Morgan fingerprint density at radius 1 is 1.00 bits per heavy atom. The zero-order valence-electron chi connectivity index (χ0n) is 10.1. The minimum absolute atomic E-state index is 0.153. The van der Waals surface area contributed by atoms with Crippen LogP contribution in [-0.2, 0) is 0 Å². The summed E-state index contributed by atoms with van der Waals surface area (Å²) in [6, 6.07) is 6.47. The predicted octanol–water partition coefficient (Wildman–Crippen LogP) is 4.93. The van der Waals surface area contributed by atoms with Crippen LogP contribution in [0.3, 0.4) is 0 Å². The average molecular weight is 286 g/mol. The van der Waals surface area contributed by atoms with Crippen molar-refractivity contribution in [3.63, 3.8) is 0 Å². The summed E-state index contributed by atoms with van der Waals surface area (Å²) in [7, 11) is 0. The normalized spacial score (nSPS) is 12.3. The molecule has 2 aromatic rings. The molecule has 2 rings (SSSR count). The molecular formula is C14H11ClF3N. The maximum atomic E-state index is 13.6. The van der Waals surface area contributed by atoms with Crippen molar-refractivity contribution >= 4 is 17.3 Å². The summed E-state index contributed by atoms with van der Waals surface area (Å²) in [5.74, 6) is -1.52. The third-order valence-corrected chi connectivity index (χ3v) is 3.05. The number of anilines is 1. The molecule has 0 aromatic heterocycles. The standard InChI is InChI=1S/C14H11ClF3N/c1-8(11-6-9(16)3-5-13(11)18)19-14-7-10(17)2-4-12(14)15/h2-8,19H,1H3. The van der Waals surface area contributed by atoms with E-state index < -0.39 is 23.5 Å². The van der Waals surface area contributed by atoms with E-state index in [1.165, 1.54) is 18.2 Å². The van der Waals surface area contributed by atoms with Crippen molar-refractivity contribution in [2.45, 2.75) is 13.0 Å². The van der Waals surface area contributed by atoms with Crippen LogP contribution in [0.15, 0.2) is 36.4 Å². The highest BCUT2D eigenvalue weighted by molar-refractivity contribution is 6.33. The summed E-state index contributed by atoms with van der Waals surface area (Å²) in [5, 5.41) is 3.17. The van der Waals surface area contributed by atoms with E-state index in [-0.39, 0.29) is 5.56 Å². The minimum Gasteiger partial charge on any atom is -0.377 e. The maximum Gasteiger partial charge on any atom is 0.128 e. The summed E-state index contributed by atoms with van der Waals surface area (Å²) in [4.78, 5) is 0. The first kappa shape index (κ1) is 13.7. The lowest BCUT2D eigenvalue weighted by Crippen LogP contribution is -2.09. The van der Waals surface area contributed by atoms with Gasteiger partial charge >= 0.3 is 0 Å². The Hall–Kier alpha value is -1.68. The van der Waals surface area contributed by atoms with Gasteiger partial charge in [-0.25, -0.2) is 13.2 Å². The molecule has 2 aromatic carbocycles. The van der Waals surface area contributed by atoms with E-state index in [4.69, 9.17) is 11.6 Å². The number of halogens is 4. The monoisotopic (exact) mass is 285 g/mol. The highest BCUT2D eigenvalue weighted by Gasteiger charge is 2.13. The van der Waals surface area contributed by atoms with E-state index in [0.717, 1.165) is 18.2 Å². The third kappa shape index (κ3) is 3.20. The zero-order valence-corrected chi connectivity index (χ0v) is 10.8. The third-order valence-electron chi connectivity index (χ3n) is 2.72. The van der Waals surface area contributed by atoms with E-state index in [1.807, 2.05) is 0 Å². The maximum absolute atomic E-state index is 13.6. The lowest BCUT2D eigenvalue weighted by Gasteiger charge is -2.17. The highest BCUT2D eigenvalue weighted by atomic mass is 35.5. The van der Waals surface area contributed by atoms with Crippen LogP contribution < -0.4 is 5.32 Å². The van der Waals surface area contributed by atoms with E-state index in [2.05, 4.69) is 5.32 Å². The molecule has 0 aliphatic rings. The average Bonchev–Trinajstić information content (AvgIpc) is 2.36. The minimum atomic E-state index is -0.546. The van der Waals surface area contributed by atoms with Gasteiger partial charge in [-0.05, 0) is 43.3 Å². The summed E-state index contributed by atoms with van der Waals surface area (Å²) in [6.45, 7) is 1.64. The molecule has 5 heteroatoms. The van der Waals surface area contributed by atoms with Crippen LogP contribution in [0.5, 0.6) is 0 Å². The van der Waals surface area contributed by atoms with Gasteiger partial charge in [0.25, 0.3) is 0 Å². The topological polar surface area (TPSA) is 12.0 Å². The largest absolute Gasteiger partial charge is 0.377 e. The second-order valence-corrected chi connectivity index (χ2v) is 4.56. The van der Waals surface area contributed by atoms with Crippen LogP contribution in [0, 0.1) is 17.5 Å². The van der Waals surface area contributed by atoms with E-state index in [0.29, 0.717) is 10.7 Å². The molecule has 0 amide bonds. The Kier molecular flexibility index (Phi) is 4.00. The molecule has 0 saturated heterocycles. The Balaban J connectivity index is 2.27. The molecule has 1 nitrogen and oxygen atoms in total. The Morgan fingerprint density at radius 3 is 2.37 bits per heavy atom. The van der Waals surface area contributed by atoms with Crippen LogP contribution in [0.1, 0.15) is 18.5 Å². The highest BCUT2D eigenvalue weighted by Crippen LogP contribution is 2.28. The van der Waals surface area contributed by atoms with Crippen molar-refractivity contribution in [2.75, 3.05) is 5.32 Å². The van der Waals surface area contributed by atoms with Crippen LogP contribution >= 0.6 is 11.6 Å². The van der Waals surface area contributed by atoms with Gasteiger partial charge in [0.2, 0.25) is 0 Å². The first-order valence-corrected chi connectivity index (χ1v) is 6.01. The van der Waals surface area contributed by atoms with Crippen LogP contribution in [-0.4, -0.2) is 0 Å². The Morgan fingerprint density at radius 2 is 1.63 bits per heavy atom. The van der Waals surface area contributed by atoms with E-state index in [9.17, 15) is 13.2 Å². The van der Waals surface area contributed by atoms with Gasteiger partial charge in [0.1, 0.15) is 17.5 Å². The predicted molar refractivity (Wildman–Crippen MR) is 69.8 cm³/mol. The molecule has 0 heterocycles. The number of rotatable bonds is 3. The lowest BCUT2D eigenvalue weighted by atomic mass is 10.1. The number of hydrogen-bond donors (Lipinski definition) is 1. The van der Waals surface area contributed by atoms with Crippen molar-refractivity contribution in [2.24, 2.45) is 0 Å². The van der Waals surface area contributed by atoms with Crippen LogP contribution in [0.25, 0.3) is 0 Å². The number of benzene rings is 2. The first-order valence-electron chi connectivity index (χ1n) is 5.64. The van der Waals surface area contributed by atoms with Crippen molar-refractivity contribution in [3.05, 3.63) is 64.4 Å². The molecule has 0 spiro atoms. The molecule has 100 valence electrons. The fourth-order valence-corrected chi connectivity index (χ4v) is 1.94. The van der Waals surface area contributed by atoms with Gasteiger partial charge < -0.3 is 5.32 Å². The second-order valence-electron chi connectivity index (χ2n) is 4.16. The fourth-order valence-electron chi connectivity index (χ4n) is 1.77. The van der Waals surface area contributed by atoms with Gasteiger partial charge in [-0.3, -0.25) is 0 Å². The van der Waals surface area contributed by atoms with Gasteiger partial charge in [0.15, 0.2) is 0 Å².